The van der Waals surface area contributed by atoms with Crippen molar-refractivity contribution in [3.8, 4) is 17.6 Å². The Morgan fingerprint density at radius 3 is 2.61 bits per heavy atom. The number of anilines is 1. The molecule has 5 nitrogen and oxygen atoms in total. The standard InChI is InChI=1S/C17H13FN2O3/c1-23-15-6-7-16(21)11(9-15)8-12(10-19)17(22)20-14-4-2-13(18)3-5-14/h2-9,21H,1H3,(H,20,22)/b12-8-. The highest BCUT2D eigenvalue weighted by molar-refractivity contribution is 6.09. The van der Waals surface area contributed by atoms with Gasteiger partial charge in [-0.1, -0.05) is 0 Å². The molecule has 0 unspecified atom stereocenters. The Bertz CT molecular complexity index is 792. The van der Waals surface area contributed by atoms with Crippen molar-refractivity contribution >= 4 is 17.7 Å². The number of phenolic OH excluding ortho intramolecular Hbond substituents is 1. The normalized spacial score (nSPS) is 10.7. The van der Waals surface area contributed by atoms with E-state index in [0.717, 1.165) is 0 Å². The van der Waals surface area contributed by atoms with E-state index in [9.17, 15) is 14.3 Å². The summed E-state index contributed by atoms with van der Waals surface area (Å²) >= 11 is 0. The molecule has 0 bridgehead atoms. The lowest BCUT2D eigenvalue weighted by Gasteiger charge is -2.06. The number of nitriles is 1. The van der Waals surface area contributed by atoms with Crippen LogP contribution < -0.4 is 10.1 Å². The van der Waals surface area contributed by atoms with Gasteiger partial charge in [0.1, 0.15) is 29.0 Å². The third-order valence-corrected chi connectivity index (χ3v) is 3.00. The van der Waals surface area contributed by atoms with Crippen molar-refractivity contribution in [3.63, 3.8) is 0 Å². The van der Waals surface area contributed by atoms with Gasteiger partial charge >= 0.3 is 0 Å². The molecule has 2 aromatic rings. The number of amides is 1. The number of carbonyl (C=O) groups excluding carboxylic acids is 1. The molecule has 116 valence electrons. The van der Waals surface area contributed by atoms with Gasteiger partial charge < -0.3 is 15.2 Å². The summed E-state index contributed by atoms with van der Waals surface area (Å²) < 4.78 is 17.9. The second-order valence-electron chi connectivity index (χ2n) is 4.56. The Hall–Kier alpha value is -3.33. The second-order valence-corrected chi connectivity index (χ2v) is 4.56. The average molecular weight is 312 g/mol. The number of aromatic hydroxyl groups is 1. The summed E-state index contributed by atoms with van der Waals surface area (Å²) in [4.78, 5) is 12.1. The van der Waals surface area contributed by atoms with E-state index in [0.29, 0.717) is 11.4 Å². The maximum absolute atomic E-state index is 12.8. The molecule has 0 heterocycles. The molecule has 0 radical (unpaired) electrons. The van der Waals surface area contributed by atoms with E-state index < -0.39 is 11.7 Å². The minimum absolute atomic E-state index is 0.0897. The molecule has 2 aromatic carbocycles. The van der Waals surface area contributed by atoms with E-state index in [1.807, 2.05) is 0 Å². The zero-order chi connectivity index (χ0) is 16.8. The molecule has 1 amide bonds. The van der Waals surface area contributed by atoms with Crippen LogP contribution in [-0.2, 0) is 4.79 Å². The molecule has 0 saturated carbocycles. The van der Waals surface area contributed by atoms with Crippen molar-refractivity contribution in [3.05, 3.63) is 59.4 Å². The van der Waals surface area contributed by atoms with E-state index in [2.05, 4.69) is 5.32 Å². The Morgan fingerprint density at radius 1 is 1.30 bits per heavy atom. The number of hydrogen-bond donors (Lipinski definition) is 2. The van der Waals surface area contributed by atoms with E-state index in [1.165, 1.54) is 49.6 Å². The van der Waals surface area contributed by atoms with Crippen LogP contribution in [0.1, 0.15) is 5.56 Å². The molecule has 0 aliphatic carbocycles. The molecule has 0 aliphatic rings. The van der Waals surface area contributed by atoms with E-state index in [1.54, 1.807) is 12.1 Å². The van der Waals surface area contributed by atoms with Gasteiger partial charge in [0, 0.05) is 11.3 Å². The zero-order valence-electron chi connectivity index (χ0n) is 12.2. The van der Waals surface area contributed by atoms with Crippen LogP contribution in [0.15, 0.2) is 48.0 Å². The van der Waals surface area contributed by atoms with Crippen molar-refractivity contribution in [2.45, 2.75) is 0 Å². The Kier molecular flexibility index (Phi) is 4.95. The van der Waals surface area contributed by atoms with Gasteiger partial charge in [-0.3, -0.25) is 4.79 Å². The molecule has 0 fully saturated rings. The summed E-state index contributed by atoms with van der Waals surface area (Å²) in [5.41, 5.74) is 0.417. The summed E-state index contributed by atoms with van der Waals surface area (Å²) in [6.45, 7) is 0. The van der Waals surface area contributed by atoms with Gasteiger partial charge in [0.2, 0.25) is 0 Å². The second kappa shape index (κ2) is 7.09. The predicted octanol–water partition coefficient (Wildman–Crippen LogP) is 3.09. The van der Waals surface area contributed by atoms with Crippen molar-refractivity contribution in [2.75, 3.05) is 12.4 Å². The smallest absolute Gasteiger partial charge is 0.266 e. The fourth-order valence-electron chi connectivity index (χ4n) is 1.81. The topological polar surface area (TPSA) is 82.3 Å². The molecule has 23 heavy (non-hydrogen) atoms. The number of methoxy groups -OCH3 is 1. The van der Waals surface area contributed by atoms with Gasteiger partial charge in [-0.25, -0.2) is 4.39 Å². The van der Waals surface area contributed by atoms with Crippen LogP contribution in [0, 0.1) is 17.1 Å². The number of ether oxygens (including phenoxy) is 1. The third-order valence-electron chi connectivity index (χ3n) is 3.00. The highest BCUT2D eigenvalue weighted by Crippen LogP contribution is 2.25. The average Bonchev–Trinajstić information content (AvgIpc) is 2.56. The molecule has 6 heteroatoms. The quantitative estimate of drug-likeness (QED) is 0.671. The first-order valence-electron chi connectivity index (χ1n) is 6.59. The Labute approximate surface area is 132 Å². The van der Waals surface area contributed by atoms with Gasteiger partial charge in [0.25, 0.3) is 5.91 Å². The van der Waals surface area contributed by atoms with Gasteiger partial charge in [0.15, 0.2) is 0 Å². The van der Waals surface area contributed by atoms with Crippen LogP contribution in [0.3, 0.4) is 0 Å². The summed E-state index contributed by atoms with van der Waals surface area (Å²) in [5.74, 6) is -0.708. The fourth-order valence-corrected chi connectivity index (χ4v) is 1.81. The number of phenols is 1. The number of rotatable bonds is 4. The summed E-state index contributed by atoms with van der Waals surface area (Å²) in [6, 6.07) is 11.4. The number of nitrogens with zero attached hydrogens (tertiary/aromatic N) is 1. The largest absolute Gasteiger partial charge is 0.507 e. The van der Waals surface area contributed by atoms with Crippen LogP contribution in [0.5, 0.6) is 11.5 Å². The lowest BCUT2D eigenvalue weighted by atomic mass is 10.1. The van der Waals surface area contributed by atoms with E-state index in [4.69, 9.17) is 10.00 Å². The summed E-state index contributed by atoms with van der Waals surface area (Å²) in [7, 11) is 1.46. The zero-order valence-corrected chi connectivity index (χ0v) is 12.2. The molecule has 0 aliphatic heterocycles. The maximum Gasteiger partial charge on any atom is 0.266 e. The number of hydrogen-bond acceptors (Lipinski definition) is 4. The van der Waals surface area contributed by atoms with Gasteiger partial charge in [-0.2, -0.15) is 5.26 Å². The van der Waals surface area contributed by atoms with E-state index in [-0.39, 0.29) is 16.9 Å². The van der Waals surface area contributed by atoms with Gasteiger partial charge in [0.05, 0.1) is 7.11 Å². The number of halogens is 1. The van der Waals surface area contributed by atoms with Gasteiger partial charge in [-0.05, 0) is 48.5 Å². The van der Waals surface area contributed by atoms with Crippen LogP contribution in [0.4, 0.5) is 10.1 Å². The monoisotopic (exact) mass is 312 g/mol. The van der Waals surface area contributed by atoms with Gasteiger partial charge in [-0.15, -0.1) is 0 Å². The lowest BCUT2D eigenvalue weighted by Crippen LogP contribution is -2.13. The molecular formula is C17H13FN2O3. The predicted molar refractivity (Wildman–Crippen MR) is 83.3 cm³/mol. The molecule has 2 rings (SSSR count). The van der Waals surface area contributed by atoms with E-state index >= 15 is 0 Å². The Morgan fingerprint density at radius 2 is 2.00 bits per heavy atom. The molecular weight excluding hydrogens is 299 g/mol. The van der Waals surface area contributed by atoms with Crippen molar-refractivity contribution < 1.29 is 19.0 Å². The van der Waals surface area contributed by atoms with Crippen LogP contribution in [0.25, 0.3) is 6.08 Å². The first-order chi connectivity index (χ1) is 11.0. The first kappa shape index (κ1) is 16.0. The van der Waals surface area contributed by atoms with Crippen LogP contribution in [-0.4, -0.2) is 18.1 Å². The molecule has 0 spiro atoms. The number of benzene rings is 2. The minimum atomic E-state index is -0.665. The number of carbonyl (C=O) groups is 1. The Balaban J connectivity index is 2.26. The van der Waals surface area contributed by atoms with Crippen molar-refractivity contribution in [1.29, 1.82) is 5.26 Å². The third kappa shape index (κ3) is 4.08. The fraction of sp³-hybridized carbons (Fsp3) is 0.0588. The highest BCUT2D eigenvalue weighted by atomic mass is 19.1. The summed E-state index contributed by atoms with van der Waals surface area (Å²) in [6.07, 6.45) is 1.25. The number of nitrogens with one attached hydrogen (secondary N) is 1. The molecule has 0 atom stereocenters. The molecule has 0 saturated heterocycles. The molecule has 2 N–H and O–H groups in total. The highest BCUT2D eigenvalue weighted by Gasteiger charge is 2.11. The van der Waals surface area contributed by atoms with Crippen LogP contribution in [0.2, 0.25) is 0 Å². The summed E-state index contributed by atoms with van der Waals surface area (Å²) in [5, 5.41) is 21.4. The van der Waals surface area contributed by atoms with Crippen molar-refractivity contribution in [2.24, 2.45) is 0 Å². The SMILES string of the molecule is COc1ccc(O)c(/C=C(/C#N)C(=O)Nc2ccc(F)cc2)c1. The maximum atomic E-state index is 12.8. The lowest BCUT2D eigenvalue weighted by molar-refractivity contribution is -0.112. The minimum Gasteiger partial charge on any atom is -0.507 e. The van der Waals surface area contributed by atoms with Crippen molar-refractivity contribution in [1.82, 2.24) is 0 Å². The van der Waals surface area contributed by atoms with Crippen LogP contribution >= 0.6 is 0 Å². The first-order valence-corrected chi connectivity index (χ1v) is 6.59. The molecule has 0 aromatic heterocycles.